The van der Waals surface area contributed by atoms with Gasteiger partial charge in [0.15, 0.2) is 0 Å². The van der Waals surface area contributed by atoms with Crippen LogP contribution < -0.4 is 16.0 Å². The van der Waals surface area contributed by atoms with Crippen LogP contribution in [0.5, 0.6) is 5.75 Å². The molecule has 0 fully saturated rings. The molecule has 0 saturated heterocycles. The normalized spacial score (nSPS) is 12.5. The summed E-state index contributed by atoms with van der Waals surface area (Å²) in [6.07, 6.45) is 0. The standard InChI is InChI=1S/C14H16Cl2N2OS/c1-7-4-5-9(13(19-3)8(7)2)12(18-17)10-6-11(15)20-14(10)16/h4-6,12,18H,17H2,1-3H3. The van der Waals surface area contributed by atoms with Crippen molar-refractivity contribution in [1.29, 1.82) is 0 Å². The molecule has 1 aromatic carbocycles. The number of nitrogens with one attached hydrogen (secondary N) is 1. The smallest absolute Gasteiger partial charge is 0.127 e. The van der Waals surface area contributed by atoms with E-state index in [1.807, 2.05) is 32.0 Å². The molecule has 0 aliphatic carbocycles. The van der Waals surface area contributed by atoms with Gasteiger partial charge in [-0.25, -0.2) is 5.43 Å². The number of hydrogen-bond acceptors (Lipinski definition) is 4. The lowest BCUT2D eigenvalue weighted by molar-refractivity contribution is 0.401. The van der Waals surface area contributed by atoms with E-state index >= 15 is 0 Å². The topological polar surface area (TPSA) is 47.3 Å². The van der Waals surface area contributed by atoms with E-state index in [9.17, 15) is 0 Å². The molecule has 2 rings (SSSR count). The monoisotopic (exact) mass is 330 g/mol. The molecule has 0 spiro atoms. The van der Waals surface area contributed by atoms with E-state index in [2.05, 4.69) is 5.43 Å². The molecule has 0 saturated carbocycles. The molecule has 0 amide bonds. The Bertz CT molecular complexity index is 628. The number of thiophene rings is 1. The first-order chi connectivity index (χ1) is 9.49. The van der Waals surface area contributed by atoms with Crippen molar-refractivity contribution in [2.75, 3.05) is 7.11 Å². The maximum Gasteiger partial charge on any atom is 0.127 e. The Hall–Kier alpha value is -0.780. The van der Waals surface area contributed by atoms with Gasteiger partial charge in [-0.3, -0.25) is 5.84 Å². The fraction of sp³-hybridized carbons (Fsp3) is 0.286. The minimum Gasteiger partial charge on any atom is -0.496 e. The lowest BCUT2D eigenvalue weighted by Crippen LogP contribution is -2.29. The van der Waals surface area contributed by atoms with E-state index in [4.69, 9.17) is 33.8 Å². The molecule has 1 aromatic heterocycles. The van der Waals surface area contributed by atoms with Gasteiger partial charge < -0.3 is 4.74 Å². The molecule has 108 valence electrons. The van der Waals surface area contributed by atoms with Crippen molar-refractivity contribution in [2.24, 2.45) is 5.84 Å². The second-order valence-electron chi connectivity index (χ2n) is 4.51. The van der Waals surface area contributed by atoms with Crippen LogP contribution in [0.1, 0.15) is 28.3 Å². The van der Waals surface area contributed by atoms with Gasteiger partial charge in [0.1, 0.15) is 5.75 Å². The molecule has 3 nitrogen and oxygen atoms in total. The van der Waals surface area contributed by atoms with Crippen molar-refractivity contribution in [1.82, 2.24) is 5.43 Å². The largest absolute Gasteiger partial charge is 0.496 e. The minimum absolute atomic E-state index is 0.263. The van der Waals surface area contributed by atoms with Crippen LogP contribution in [0, 0.1) is 13.8 Å². The molecule has 3 N–H and O–H groups in total. The third kappa shape index (κ3) is 2.80. The van der Waals surface area contributed by atoms with Gasteiger partial charge in [0.05, 0.1) is 21.8 Å². The number of halogens is 2. The maximum atomic E-state index is 6.23. The van der Waals surface area contributed by atoms with Crippen LogP contribution in [0.3, 0.4) is 0 Å². The van der Waals surface area contributed by atoms with E-state index in [1.54, 1.807) is 7.11 Å². The van der Waals surface area contributed by atoms with Crippen molar-refractivity contribution in [3.05, 3.63) is 49.1 Å². The Kier molecular flexibility index (Phi) is 4.94. The van der Waals surface area contributed by atoms with Crippen LogP contribution in [-0.2, 0) is 0 Å². The Balaban J connectivity index is 2.58. The number of benzene rings is 1. The van der Waals surface area contributed by atoms with Crippen LogP contribution >= 0.6 is 34.5 Å². The summed E-state index contributed by atoms with van der Waals surface area (Å²) in [7, 11) is 1.65. The average molecular weight is 331 g/mol. The lowest BCUT2D eigenvalue weighted by atomic mass is 9.96. The van der Waals surface area contributed by atoms with Gasteiger partial charge in [-0.15, -0.1) is 11.3 Å². The molecule has 6 heteroatoms. The summed E-state index contributed by atoms with van der Waals surface area (Å²) >= 11 is 13.6. The summed E-state index contributed by atoms with van der Waals surface area (Å²) < 4.78 is 6.80. The lowest BCUT2D eigenvalue weighted by Gasteiger charge is -2.21. The van der Waals surface area contributed by atoms with E-state index in [0.29, 0.717) is 8.67 Å². The van der Waals surface area contributed by atoms with Gasteiger partial charge in [-0.1, -0.05) is 35.3 Å². The highest BCUT2D eigenvalue weighted by molar-refractivity contribution is 7.20. The molecule has 1 atom stereocenters. The van der Waals surface area contributed by atoms with Crippen LogP contribution in [0.4, 0.5) is 0 Å². The van der Waals surface area contributed by atoms with Crippen molar-refractivity contribution >= 4 is 34.5 Å². The van der Waals surface area contributed by atoms with Crippen molar-refractivity contribution in [3.63, 3.8) is 0 Å². The predicted molar refractivity (Wildman–Crippen MR) is 86.0 cm³/mol. The second kappa shape index (κ2) is 6.33. The van der Waals surface area contributed by atoms with Gasteiger partial charge in [-0.2, -0.15) is 0 Å². The fourth-order valence-electron chi connectivity index (χ4n) is 2.21. The Labute approximate surface area is 132 Å². The summed E-state index contributed by atoms with van der Waals surface area (Å²) in [4.78, 5) is 0. The van der Waals surface area contributed by atoms with Gasteiger partial charge in [0.2, 0.25) is 0 Å². The number of aryl methyl sites for hydroxylation is 1. The summed E-state index contributed by atoms with van der Waals surface area (Å²) in [5, 5.41) is 0. The SMILES string of the molecule is COc1c(C(NN)c2cc(Cl)sc2Cl)ccc(C)c1C. The van der Waals surface area contributed by atoms with Crippen LogP contribution in [0.2, 0.25) is 8.67 Å². The molecule has 0 radical (unpaired) electrons. The highest BCUT2D eigenvalue weighted by atomic mass is 35.5. The first-order valence-electron chi connectivity index (χ1n) is 6.04. The Morgan fingerprint density at radius 3 is 2.45 bits per heavy atom. The fourth-order valence-corrected chi connectivity index (χ4v) is 3.74. The molecular weight excluding hydrogens is 315 g/mol. The third-order valence-electron chi connectivity index (χ3n) is 3.38. The van der Waals surface area contributed by atoms with Gasteiger partial charge >= 0.3 is 0 Å². The first-order valence-corrected chi connectivity index (χ1v) is 7.61. The van der Waals surface area contributed by atoms with E-state index in [0.717, 1.165) is 28.0 Å². The van der Waals surface area contributed by atoms with E-state index in [-0.39, 0.29) is 6.04 Å². The molecule has 1 unspecified atom stereocenters. The second-order valence-corrected chi connectivity index (χ2v) is 6.79. The van der Waals surface area contributed by atoms with E-state index in [1.165, 1.54) is 11.3 Å². The van der Waals surface area contributed by atoms with Gasteiger partial charge in [-0.05, 0) is 31.0 Å². The minimum atomic E-state index is -0.263. The Morgan fingerprint density at radius 1 is 1.25 bits per heavy atom. The number of hydrogen-bond donors (Lipinski definition) is 2. The van der Waals surface area contributed by atoms with Crippen molar-refractivity contribution in [2.45, 2.75) is 19.9 Å². The van der Waals surface area contributed by atoms with Gasteiger partial charge in [0.25, 0.3) is 0 Å². The molecular formula is C14H16Cl2N2OS. The number of ether oxygens (including phenoxy) is 1. The molecule has 20 heavy (non-hydrogen) atoms. The highest BCUT2D eigenvalue weighted by Gasteiger charge is 2.23. The summed E-state index contributed by atoms with van der Waals surface area (Å²) in [6.45, 7) is 4.06. The van der Waals surface area contributed by atoms with Crippen LogP contribution in [-0.4, -0.2) is 7.11 Å². The molecule has 1 heterocycles. The molecule has 2 aromatic rings. The zero-order chi connectivity index (χ0) is 14.9. The first kappa shape index (κ1) is 15.6. The zero-order valence-electron chi connectivity index (χ0n) is 11.5. The van der Waals surface area contributed by atoms with Gasteiger partial charge in [0, 0.05) is 11.1 Å². The van der Waals surface area contributed by atoms with Crippen LogP contribution in [0.25, 0.3) is 0 Å². The summed E-state index contributed by atoms with van der Waals surface area (Å²) in [5.74, 6) is 6.54. The molecule has 0 aliphatic heterocycles. The van der Waals surface area contributed by atoms with E-state index < -0.39 is 0 Å². The molecule has 0 bridgehead atoms. The number of methoxy groups -OCH3 is 1. The number of nitrogens with two attached hydrogens (primary N) is 1. The predicted octanol–water partition coefficient (Wildman–Crippen LogP) is 4.23. The maximum absolute atomic E-state index is 6.23. The van der Waals surface area contributed by atoms with Crippen molar-refractivity contribution in [3.8, 4) is 5.75 Å². The third-order valence-corrected chi connectivity index (χ3v) is 4.90. The number of rotatable bonds is 4. The summed E-state index contributed by atoms with van der Waals surface area (Å²) in [5.41, 5.74) is 6.83. The zero-order valence-corrected chi connectivity index (χ0v) is 13.8. The number of hydrazine groups is 1. The van der Waals surface area contributed by atoms with Crippen molar-refractivity contribution < 1.29 is 4.74 Å². The average Bonchev–Trinajstić information content (AvgIpc) is 2.74. The highest BCUT2D eigenvalue weighted by Crippen LogP contribution is 2.40. The molecule has 0 aliphatic rings. The Morgan fingerprint density at radius 2 is 1.95 bits per heavy atom. The quantitative estimate of drug-likeness (QED) is 0.651. The van der Waals surface area contributed by atoms with Crippen LogP contribution in [0.15, 0.2) is 18.2 Å². The summed E-state index contributed by atoms with van der Waals surface area (Å²) in [6, 6.07) is 5.60.